The summed E-state index contributed by atoms with van der Waals surface area (Å²) in [5, 5.41) is 0.967. The first kappa shape index (κ1) is 13.2. The zero-order valence-corrected chi connectivity index (χ0v) is 12.5. The zero-order chi connectivity index (χ0) is 13.9. The van der Waals surface area contributed by atoms with E-state index in [1.807, 2.05) is 0 Å². The molecular formula is C18H19NS. The van der Waals surface area contributed by atoms with Crippen LogP contribution >= 0.6 is 11.3 Å². The fourth-order valence-electron chi connectivity index (χ4n) is 2.80. The van der Waals surface area contributed by atoms with E-state index in [0.29, 0.717) is 5.92 Å². The molecule has 0 bridgehead atoms. The summed E-state index contributed by atoms with van der Waals surface area (Å²) >= 11 is 1.75. The van der Waals surface area contributed by atoms with Crippen LogP contribution in [0.3, 0.4) is 0 Å². The minimum absolute atomic E-state index is 0.479. The van der Waals surface area contributed by atoms with Crippen molar-refractivity contribution >= 4 is 16.3 Å². The number of hydrogen-bond donors (Lipinski definition) is 1. The van der Waals surface area contributed by atoms with E-state index in [-0.39, 0.29) is 0 Å². The minimum Gasteiger partial charge on any atom is -0.390 e. The van der Waals surface area contributed by atoms with E-state index in [9.17, 15) is 0 Å². The molecule has 2 aromatic rings. The molecule has 102 valence electrons. The molecule has 1 aliphatic rings. The van der Waals surface area contributed by atoms with E-state index < -0.39 is 0 Å². The highest BCUT2D eigenvalue weighted by molar-refractivity contribution is 7.16. The fraction of sp³-hybridized carbons (Fsp3) is 0.222. The Bertz CT molecular complexity index is 650. The Morgan fingerprint density at radius 2 is 2.00 bits per heavy atom. The highest BCUT2D eigenvalue weighted by atomic mass is 32.1. The van der Waals surface area contributed by atoms with Crippen LogP contribution in [0.15, 0.2) is 54.6 Å². The highest BCUT2D eigenvalue weighted by Gasteiger charge is 2.20. The molecule has 0 aliphatic heterocycles. The smallest absolute Gasteiger partial charge is 0.0892 e. The number of nitrogen functional groups attached to an aromatic ring is 1. The van der Waals surface area contributed by atoms with Crippen molar-refractivity contribution in [3.05, 3.63) is 76.2 Å². The summed E-state index contributed by atoms with van der Waals surface area (Å²) in [7, 11) is 0. The quantitative estimate of drug-likeness (QED) is 0.856. The standard InChI is InChI=1S/C18H19NS/c1-13-17(15-10-6-3-7-11-15)16(20-18(13)19)12-14-8-4-2-5-9-14/h2-10,15H,11-12,19H2,1H3. The molecule has 0 spiro atoms. The summed E-state index contributed by atoms with van der Waals surface area (Å²) in [6, 6.07) is 10.6. The van der Waals surface area contributed by atoms with Gasteiger partial charge in [-0.3, -0.25) is 0 Å². The van der Waals surface area contributed by atoms with Gasteiger partial charge in [-0.1, -0.05) is 54.6 Å². The molecule has 0 saturated heterocycles. The summed E-state index contributed by atoms with van der Waals surface area (Å²) in [5.74, 6) is 0.479. The van der Waals surface area contributed by atoms with Crippen LogP contribution in [0.2, 0.25) is 0 Å². The predicted molar refractivity (Wildman–Crippen MR) is 88.4 cm³/mol. The third-order valence-electron chi connectivity index (χ3n) is 3.87. The number of hydrogen-bond acceptors (Lipinski definition) is 2. The van der Waals surface area contributed by atoms with Crippen LogP contribution in [0.25, 0.3) is 0 Å². The molecule has 0 radical (unpaired) electrons. The van der Waals surface area contributed by atoms with E-state index in [0.717, 1.165) is 17.8 Å². The van der Waals surface area contributed by atoms with Gasteiger partial charge in [-0.2, -0.15) is 0 Å². The molecule has 1 nitrogen and oxygen atoms in total. The van der Waals surface area contributed by atoms with Crippen LogP contribution in [0.4, 0.5) is 5.00 Å². The van der Waals surface area contributed by atoms with E-state index in [4.69, 9.17) is 5.73 Å². The second-order valence-corrected chi connectivity index (χ2v) is 6.38. The lowest BCUT2D eigenvalue weighted by molar-refractivity contribution is 0.839. The maximum atomic E-state index is 6.18. The first-order chi connectivity index (χ1) is 9.75. The Balaban J connectivity index is 1.96. The maximum Gasteiger partial charge on any atom is 0.0892 e. The third-order valence-corrected chi connectivity index (χ3v) is 5.00. The monoisotopic (exact) mass is 281 g/mol. The molecule has 2 N–H and O–H groups in total. The van der Waals surface area contributed by atoms with Crippen LogP contribution in [0.1, 0.15) is 33.9 Å². The van der Waals surface area contributed by atoms with Gasteiger partial charge in [-0.15, -0.1) is 11.3 Å². The van der Waals surface area contributed by atoms with Gasteiger partial charge in [0.1, 0.15) is 0 Å². The van der Waals surface area contributed by atoms with Crippen molar-refractivity contribution in [2.24, 2.45) is 0 Å². The molecule has 3 rings (SSSR count). The van der Waals surface area contributed by atoms with E-state index >= 15 is 0 Å². The normalized spacial score (nSPS) is 17.6. The van der Waals surface area contributed by atoms with Gasteiger partial charge in [0.05, 0.1) is 5.00 Å². The van der Waals surface area contributed by atoms with E-state index in [2.05, 4.69) is 61.6 Å². The largest absolute Gasteiger partial charge is 0.390 e. The van der Waals surface area contributed by atoms with Gasteiger partial charge in [-0.25, -0.2) is 0 Å². The number of thiophene rings is 1. The second kappa shape index (κ2) is 5.68. The molecule has 1 heterocycles. The van der Waals surface area contributed by atoms with Crippen LogP contribution in [0, 0.1) is 6.92 Å². The molecule has 2 heteroatoms. The van der Waals surface area contributed by atoms with E-state index in [1.54, 1.807) is 11.3 Å². The Morgan fingerprint density at radius 3 is 2.70 bits per heavy atom. The van der Waals surface area contributed by atoms with Gasteiger partial charge in [-0.05, 0) is 30.0 Å². The lowest BCUT2D eigenvalue weighted by Gasteiger charge is -2.16. The molecule has 0 saturated carbocycles. The summed E-state index contributed by atoms with van der Waals surface area (Å²) in [4.78, 5) is 1.41. The summed E-state index contributed by atoms with van der Waals surface area (Å²) in [5.41, 5.74) is 10.2. The molecule has 1 aromatic carbocycles. The van der Waals surface area contributed by atoms with Crippen molar-refractivity contribution in [2.45, 2.75) is 25.7 Å². The molecule has 1 unspecified atom stereocenters. The Kier molecular flexibility index (Phi) is 3.75. The maximum absolute atomic E-state index is 6.18. The van der Waals surface area contributed by atoms with Crippen molar-refractivity contribution in [3.8, 4) is 0 Å². The molecule has 1 aliphatic carbocycles. The summed E-state index contributed by atoms with van der Waals surface area (Å²) < 4.78 is 0. The topological polar surface area (TPSA) is 26.0 Å². The average Bonchev–Trinajstić information content (AvgIpc) is 2.76. The number of rotatable bonds is 3. The van der Waals surface area contributed by atoms with Crippen molar-refractivity contribution in [1.29, 1.82) is 0 Å². The zero-order valence-electron chi connectivity index (χ0n) is 11.7. The second-order valence-electron chi connectivity index (χ2n) is 5.25. The van der Waals surface area contributed by atoms with Crippen LogP contribution < -0.4 is 5.73 Å². The summed E-state index contributed by atoms with van der Waals surface area (Å²) in [6.45, 7) is 2.15. The third kappa shape index (κ3) is 2.56. The SMILES string of the molecule is Cc1c(N)sc(Cc2ccccc2)c1C1C=CC=CC1. The van der Waals surface area contributed by atoms with Crippen molar-refractivity contribution in [1.82, 2.24) is 0 Å². The molecule has 0 fully saturated rings. The van der Waals surface area contributed by atoms with Gasteiger partial charge in [0, 0.05) is 17.2 Å². The molecule has 1 atom stereocenters. The molecular weight excluding hydrogens is 262 g/mol. The van der Waals surface area contributed by atoms with Crippen molar-refractivity contribution < 1.29 is 0 Å². The summed E-state index contributed by atoms with van der Waals surface area (Å²) in [6.07, 6.45) is 10.9. The van der Waals surface area contributed by atoms with Gasteiger partial charge in [0.15, 0.2) is 0 Å². The highest BCUT2D eigenvalue weighted by Crippen LogP contribution is 2.39. The van der Waals surface area contributed by atoms with Gasteiger partial charge < -0.3 is 5.73 Å². The molecule has 20 heavy (non-hydrogen) atoms. The number of nitrogens with two attached hydrogens (primary N) is 1. The van der Waals surface area contributed by atoms with Gasteiger partial charge >= 0.3 is 0 Å². The van der Waals surface area contributed by atoms with Crippen molar-refractivity contribution in [3.63, 3.8) is 0 Å². The number of benzene rings is 1. The van der Waals surface area contributed by atoms with Gasteiger partial charge in [0.2, 0.25) is 0 Å². The minimum atomic E-state index is 0.479. The lowest BCUT2D eigenvalue weighted by Crippen LogP contribution is -2.01. The van der Waals surface area contributed by atoms with Crippen LogP contribution in [0.5, 0.6) is 0 Å². The fourth-order valence-corrected chi connectivity index (χ4v) is 3.98. The van der Waals surface area contributed by atoms with Crippen LogP contribution in [-0.4, -0.2) is 0 Å². The molecule has 1 aromatic heterocycles. The number of anilines is 1. The molecule has 0 amide bonds. The Hall–Kier alpha value is -1.80. The average molecular weight is 281 g/mol. The number of allylic oxidation sites excluding steroid dienone is 4. The predicted octanol–water partition coefficient (Wildman–Crippen LogP) is 4.83. The first-order valence-corrected chi connectivity index (χ1v) is 7.82. The first-order valence-electron chi connectivity index (χ1n) is 7.00. The van der Waals surface area contributed by atoms with Crippen molar-refractivity contribution in [2.75, 3.05) is 5.73 Å². The Morgan fingerprint density at radius 1 is 1.20 bits per heavy atom. The lowest BCUT2D eigenvalue weighted by atomic mass is 9.89. The van der Waals surface area contributed by atoms with Crippen LogP contribution in [-0.2, 0) is 6.42 Å². The Labute approximate surface area is 124 Å². The van der Waals surface area contributed by atoms with E-state index in [1.165, 1.54) is 21.6 Å². The van der Waals surface area contributed by atoms with Gasteiger partial charge in [0.25, 0.3) is 0 Å².